The van der Waals surface area contributed by atoms with Crippen LogP contribution in [0.25, 0.3) is 0 Å². The number of rotatable bonds is 9. The van der Waals surface area contributed by atoms with Gasteiger partial charge in [0.25, 0.3) is 5.91 Å². The topological polar surface area (TPSA) is 151 Å². The molecule has 4 atom stereocenters. The molecule has 4 unspecified atom stereocenters. The Morgan fingerprint density at radius 3 is 2.28 bits per heavy atom. The molecule has 0 saturated heterocycles. The highest BCUT2D eigenvalue weighted by Gasteiger charge is 2.48. The Morgan fingerprint density at radius 2 is 1.77 bits per heavy atom. The van der Waals surface area contributed by atoms with Crippen LogP contribution in [0.15, 0.2) is 42.5 Å². The number of benzene rings is 2. The van der Waals surface area contributed by atoms with Gasteiger partial charge in [-0.3, -0.25) is 14.4 Å². The fourth-order valence-corrected chi connectivity index (χ4v) is 4.55. The first-order chi connectivity index (χ1) is 18.2. The van der Waals surface area contributed by atoms with Gasteiger partial charge >= 0.3 is 6.09 Å². The summed E-state index contributed by atoms with van der Waals surface area (Å²) in [7, 11) is 0. The van der Waals surface area contributed by atoms with Crippen molar-refractivity contribution in [2.24, 2.45) is 11.7 Å². The van der Waals surface area contributed by atoms with Crippen molar-refractivity contribution in [1.29, 1.82) is 0 Å². The molecule has 1 fully saturated rings. The Morgan fingerprint density at radius 1 is 1.15 bits per heavy atom. The lowest BCUT2D eigenvalue weighted by molar-refractivity contribution is -0.142. The van der Waals surface area contributed by atoms with Crippen LogP contribution in [0.2, 0.25) is 5.02 Å². The van der Waals surface area contributed by atoms with Crippen LogP contribution in [0.4, 0.5) is 10.5 Å². The fraction of sp³-hybridized carbons (Fsp3) is 0.429. The third-order valence-electron chi connectivity index (χ3n) is 6.28. The minimum atomic E-state index is -1.38. The summed E-state index contributed by atoms with van der Waals surface area (Å²) in [6, 6.07) is 8.17. The standard InChI is InChI=1S/C28H35ClN4O6/c1-15-7-6-8-19(29)23(15)32-25(36)24(17-9-11-18(34)12-10-17)33(21-13-16(21)2)26(37)20(14-22(30)35)31-27(38)39-28(3,4)5/h6-12,16,20-21,24,34H,13-14H2,1-5H3,(H2,30,35)(H,31,38)(H,32,36). The van der Waals surface area contributed by atoms with Gasteiger partial charge in [-0.1, -0.05) is 42.8 Å². The van der Waals surface area contributed by atoms with Crippen LogP contribution in [0, 0.1) is 12.8 Å². The number of anilines is 1. The van der Waals surface area contributed by atoms with Gasteiger partial charge in [-0.15, -0.1) is 0 Å². The molecule has 0 aliphatic heterocycles. The molecular formula is C28H35ClN4O6. The molecular weight excluding hydrogens is 524 g/mol. The maximum Gasteiger partial charge on any atom is 0.408 e. The molecule has 210 valence electrons. The lowest BCUT2D eigenvalue weighted by atomic mass is 10.0. The van der Waals surface area contributed by atoms with Crippen LogP contribution in [0.5, 0.6) is 5.75 Å². The SMILES string of the molecule is Cc1cccc(Cl)c1NC(=O)C(c1ccc(O)cc1)N(C(=O)C(CC(N)=O)NC(=O)OC(C)(C)C)C1CC1C. The van der Waals surface area contributed by atoms with Gasteiger partial charge in [-0.25, -0.2) is 4.79 Å². The zero-order valence-electron chi connectivity index (χ0n) is 22.7. The van der Waals surface area contributed by atoms with Crippen molar-refractivity contribution in [2.75, 3.05) is 5.32 Å². The van der Waals surface area contributed by atoms with Gasteiger partial charge in [0, 0.05) is 6.04 Å². The summed E-state index contributed by atoms with van der Waals surface area (Å²) in [5.41, 5.74) is 6.10. The molecule has 39 heavy (non-hydrogen) atoms. The zero-order valence-corrected chi connectivity index (χ0v) is 23.4. The number of primary amides is 1. The normalized spacial score (nSPS) is 17.9. The van der Waals surface area contributed by atoms with Crippen LogP contribution < -0.4 is 16.4 Å². The number of amides is 4. The van der Waals surface area contributed by atoms with Crippen LogP contribution in [-0.2, 0) is 19.1 Å². The quantitative estimate of drug-likeness (QED) is 0.364. The molecule has 0 radical (unpaired) electrons. The molecule has 1 saturated carbocycles. The monoisotopic (exact) mass is 558 g/mol. The summed E-state index contributed by atoms with van der Waals surface area (Å²) in [6.45, 7) is 8.71. The van der Waals surface area contributed by atoms with Crippen LogP contribution in [0.3, 0.4) is 0 Å². The minimum Gasteiger partial charge on any atom is -0.508 e. The zero-order chi connectivity index (χ0) is 29.1. The van der Waals surface area contributed by atoms with Crippen molar-refractivity contribution in [3.8, 4) is 5.75 Å². The number of halogens is 1. The third kappa shape index (κ3) is 7.86. The van der Waals surface area contributed by atoms with Crippen molar-refractivity contribution in [1.82, 2.24) is 10.2 Å². The summed E-state index contributed by atoms with van der Waals surface area (Å²) in [5, 5.41) is 15.5. The van der Waals surface area contributed by atoms with Crippen molar-refractivity contribution in [3.63, 3.8) is 0 Å². The number of phenols is 1. The van der Waals surface area contributed by atoms with E-state index in [1.807, 2.05) is 6.92 Å². The van der Waals surface area contributed by atoms with E-state index < -0.39 is 47.9 Å². The molecule has 1 aliphatic rings. The number of alkyl carbamates (subject to hydrolysis) is 1. The largest absolute Gasteiger partial charge is 0.508 e. The van der Waals surface area contributed by atoms with Crippen molar-refractivity contribution in [3.05, 3.63) is 58.6 Å². The Labute approximate surface area is 232 Å². The lowest BCUT2D eigenvalue weighted by Crippen LogP contribution is -2.54. The van der Waals surface area contributed by atoms with Gasteiger partial charge in [-0.05, 0) is 69.4 Å². The molecule has 11 heteroatoms. The second kappa shape index (κ2) is 11.9. The van der Waals surface area contributed by atoms with Crippen molar-refractivity contribution >= 4 is 41.1 Å². The molecule has 0 heterocycles. The second-order valence-corrected chi connectivity index (χ2v) is 11.2. The number of phenolic OH excluding ortho intramolecular Hbond substituents is 1. The summed E-state index contributed by atoms with van der Waals surface area (Å²) in [6.07, 6.45) is -0.791. The van der Waals surface area contributed by atoms with E-state index in [0.717, 1.165) is 5.56 Å². The number of nitrogens with one attached hydrogen (secondary N) is 2. The first-order valence-corrected chi connectivity index (χ1v) is 13.0. The average molecular weight is 559 g/mol. The van der Waals surface area contributed by atoms with Gasteiger partial charge in [0.15, 0.2) is 0 Å². The number of hydrogen-bond acceptors (Lipinski definition) is 6. The number of nitrogens with zero attached hydrogens (tertiary/aromatic N) is 1. The Hall–Kier alpha value is -3.79. The third-order valence-corrected chi connectivity index (χ3v) is 6.59. The number of carbonyl (C=O) groups is 4. The van der Waals surface area contributed by atoms with E-state index in [2.05, 4.69) is 10.6 Å². The molecule has 10 nitrogen and oxygen atoms in total. The average Bonchev–Trinajstić information content (AvgIpc) is 3.54. The molecule has 0 aromatic heterocycles. The Kier molecular flexibility index (Phi) is 9.11. The van der Waals surface area contributed by atoms with E-state index in [-0.39, 0.29) is 17.7 Å². The summed E-state index contributed by atoms with van der Waals surface area (Å²) >= 11 is 6.36. The van der Waals surface area contributed by atoms with Gasteiger partial charge in [-0.2, -0.15) is 0 Å². The molecule has 2 aromatic rings. The summed E-state index contributed by atoms with van der Waals surface area (Å²) < 4.78 is 5.29. The lowest BCUT2D eigenvalue weighted by Gasteiger charge is -2.35. The van der Waals surface area contributed by atoms with Crippen LogP contribution in [-0.4, -0.2) is 51.5 Å². The first kappa shape index (κ1) is 29.8. The van der Waals surface area contributed by atoms with Crippen molar-refractivity contribution < 1.29 is 29.0 Å². The Balaban J connectivity index is 2.05. The Bertz CT molecular complexity index is 1220. The van der Waals surface area contributed by atoms with Crippen molar-refractivity contribution in [2.45, 2.75) is 71.2 Å². The fourth-order valence-electron chi connectivity index (χ4n) is 4.28. The van der Waals surface area contributed by atoms with Crippen LogP contribution in [0.1, 0.15) is 57.7 Å². The number of carbonyl (C=O) groups excluding carboxylic acids is 4. The van der Waals surface area contributed by atoms with Gasteiger partial charge in [0.1, 0.15) is 23.4 Å². The molecule has 3 rings (SSSR count). The van der Waals surface area contributed by atoms with Crippen LogP contribution >= 0.6 is 11.6 Å². The second-order valence-electron chi connectivity index (χ2n) is 10.8. The summed E-state index contributed by atoms with van der Waals surface area (Å²) in [4.78, 5) is 53.9. The number of hydrogen-bond donors (Lipinski definition) is 4. The summed E-state index contributed by atoms with van der Waals surface area (Å²) in [5.74, 6) is -2.00. The van der Waals surface area contributed by atoms with E-state index in [1.54, 1.807) is 45.9 Å². The number of para-hydroxylation sites is 1. The molecule has 0 bridgehead atoms. The van der Waals surface area contributed by atoms with Gasteiger partial charge < -0.3 is 31.1 Å². The number of nitrogens with two attached hydrogens (primary N) is 1. The number of aryl methyl sites for hydroxylation is 1. The molecule has 5 N–H and O–H groups in total. The predicted molar refractivity (Wildman–Crippen MR) is 147 cm³/mol. The molecule has 4 amide bonds. The highest BCUT2D eigenvalue weighted by Crippen LogP contribution is 2.41. The van der Waals surface area contributed by atoms with E-state index in [0.29, 0.717) is 22.7 Å². The van der Waals surface area contributed by atoms with Gasteiger partial charge in [0.2, 0.25) is 11.8 Å². The van der Waals surface area contributed by atoms with E-state index in [9.17, 15) is 24.3 Å². The van der Waals surface area contributed by atoms with E-state index >= 15 is 0 Å². The minimum absolute atomic E-state index is 0.0179. The number of aromatic hydroxyl groups is 1. The van der Waals surface area contributed by atoms with Gasteiger partial charge in [0.05, 0.1) is 17.1 Å². The maximum absolute atomic E-state index is 14.1. The molecule has 1 aliphatic carbocycles. The molecule has 2 aromatic carbocycles. The number of ether oxygens (including phenoxy) is 1. The molecule has 0 spiro atoms. The predicted octanol–water partition coefficient (Wildman–Crippen LogP) is 4.04. The highest BCUT2D eigenvalue weighted by atomic mass is 35.5. The van der Waals surface area contributed by atoms with E-state index in [4.69, 9.17) is 22.1 Å². The maximum atomic E-state index is 14.1. The van der Waals surface area contributed by atoms with E-state index in [1.165, 1.54) is 29.2 Å². The highest BCUT2D eigenvalue weighted by molar-refractivity contribution is 6.34. The smallest absolute Gasteiger partial charge is 0.408 e. The first-order valence-electron chi connectivity index (χ1n) is 12.6.